The van der Waals surface area contributed by atoms with E-state index in [1.165, 1.54) is 7.11 Å². The fourth-order valence-corrected chi connectivity index (χ4v) is 2.76. The number of anilines is 3. The van der Waals surface area contributed by atoms with Gasteiger partial charge in [-0.25, -0.2) is 0 Å². The van der Waals surface area contributed by atoms with Crippen LogP contribution in [-0.4, -0.2) is 31.4 Å². The smallest absolute Gasteiger partial charge is 0.314 e. The van der Waals surface area contributed by atoms with Gasteiger partial charge >= 0.3 is 11.8 Å². The first kappa shape index (κ1) is 17.5. The molecule has 0 saturated carbocycles. The number of rotatable bonds is 4. The Morgan fingerprint density at radius 3 is 2.35 bits per heavy atom. The summed E-state index contributed by atoms with van der Waals surface area (Å²) in [7, 11) is 1.48. The summed E-state index contributed by atoms with van der Waals surface area (Å²) in [4.78, 5) is 37.6. The molecule has 2 aromatic carbocycles. The standard InChI is InChI=1S/C19H19N3O4/c1-26-16-6-3-2-5-15(16)21-19(25)18(24)20-13-8-10-14(11-9-13)22-12-4-7-17(22)23/h2-3,5-6,8-11H,4,7,12H2,1H3,(H,20,24)(H,21,25). The summed E-state index contributed by atoms with van der Waals surface area (Å²) >= 11 is 0. The Bertz CT molecular complexity index is 833. The number of ether oxygens (including phenoxy) is 1. The molecule has 0 aliphatic carbocycles. The topological polar surface area (TPSA) is 87.7 Å². The second-order valence-electron chi connectivity index (χ2n) is 5.80. The normalized spacial score (nSPS) is 13.4. The molecule has 2 aromatic rings. The van der Waals surface area contributed by atoms with Crippen LogP contribution in [0.2, 0.25) is 0 Å². The van der Waals surface area contributed by atoms with Crippen molar-refractivity contribution in [2.24, 2.45) is 0 Å². The van der Waals surface area contributed by atoms with Crippen molar-refractivity contribution in [2.45, 2.75) is 12.8 Å². The predicted molar refractivity (Wildman–Crippen MR) is 98.3 cm³/mol. The monoisotopic (exact) mass is 353 g/mol. The lowest BCUT2D eigenvalue weighted by Crippen LogP contribution is -2.29. The molecule has 1 saturated heterocycles. The van der Waals surface area contributed by atoms with E-state index in [0.29, 0.717) is 30.1 Å². The maximum atomic E-state index is 12.1. The van der Waals surface area contributed by atoms with Gasteiger partial charge in [-0.1, -0.05) is 12.1 Å². The molecule has 7 nitrogen and oxygen atoms in total. The fraction of sp³-hybridized carbons (Fsp3) is 0.211. The Morgan fingerprint density at radius 2 is 1.69 bits per heavy atom. The maximum absolute atomic E-state index is 12.1. The van der Waals surface area contributed by atoms with Crippen molar-refractivity contribution in [3.8, 4) is 5.75 Å². The molecule has 0 unspecified atom stereocenters. The van der Waals surface area contributed by atoms with Gasteiger partial charge in [-0.3, -0.25) is 14.4 Å². The lowest BCUT2D eigenvalue weighted by Gasteiger charge is -2.16. The summed E-state index contributed by atoms with van der Waals surface area (Å²) in [6, 6.07) is 13.6. The van der Waals surface area contributed by atoms with Crippen LogP contribution in [0.4, 0.5) is 17.1 Å². The van der Waals surface area contributed by atoms with Crippen LogP contribution in [0, 0.1) is 0 Å². The molecule has 3 amide bonds. The molecule has 0 atom stereocenters. The molecule has 0 aromatic heterocycles. The van der Waals surface area contributed by atoms with Gasteiger partial charge in [0.1, 0.15) is 5.75 Å². The molecule has 26 heavy (non-hydrogen) atoms. The number of para-hydroxylation sites is 2. The minimum Gasteiger partial charge on any atom is -0.495 e. The first-order valence-electron chi connectivity index (χ1n) is 8.24. The van der Waals surface area contributed by atoms with Crippen molar-refractivity contribution in [3.05, 3.63) is 48.5 Å². The summed E-state index contributed by atoms with van der Waals surface area (Å²) in [5.41, 5.74) is 1.67. The number of amides is 3. The van der Waals surface area contributed by atoms with Gasteiger partial charge in [0, 0.05) is 24.3 Å². The van der Waals surface area contributed by atoms with Crippen LogP contribution in [0.3, 0.4) is 0 Å². The molecular formula is C19H19N3O4. The maximum Gasteiger partial charge on any atom is 0.314 e. The molecular weight excluding hydrogens is 334 g/mol. The summed E-state index contributed by atoms with van der Waals surface area (Å²) in [6.07, 6.45) is 1.40. The lowest BCUT2D eigenvalue weighted by molar-refractivity contribution is -0.133. The van der Waals surface area contributed by atoms with E-state index in [1.807, 2.05) is 0 Å². The second kappa shape index (κ2) is 7.69. The molecule has 0 bridgehead atoms. The van der Waals surface area contributed by atoms with Gasteiger partial charge < -0.3 is 20.3 Å². The van der Waals surface area contributed by atoms with Gasteiger partial charge in [0.05, 0.1) is 12.8 Å². The average molecular weight is 353 g/mol. The molecule has 1 aliphatic heterocycles. The summed E-state index contributed by atoms with van der Waals surface area (Å²) in [5.74, 6) is -1.03. The zero-order chi connectivity index (χ0) is 18.5. The number of hydrogen-bond donors (Lipinski definition) is 2. The molecule has 2 N–H and O–H groups in total. The minimum atomic E-state index is -0.798. The fourth-order valence-electron chi connectivity index (χ4n) is 2.76. The highest BCUT2D eigenvalue weighted by Crippen LogP contribution is 2.24. The summed E-state index contributed by atoms with van der Waals surface area (Å²) in [5, 5.41) is 5.05. The van der Waals surface area contributed by atoms with Crippen LogP contribution >= 0.6 is 0 Å². The van der Waals surface area contributed by atoms with E-state index in [4.69, 9.17) is 4.74 Å². The molecule has 1 heterocycles. The number of carbonyl (C=O) groups excluding carboxylic acids is 3. The minimum absolute atomic E-state index is 0.0953. The highest BCUT2D eigenvalue weighted by Gasteiger charge is 2.21. The van der Waals surface area contributed by atoms with E-state index in [1.54, 1.807) is 53.4 Å². The zero-order valence-corrected chi connectivity index (χ0v) is 14.3. The van der Waals surface area contributed by atoms with E-state index >= 15 is 0 Å². The molecule has 1 fully saturated rings. The van der Waals surface area contributed by atoms with Crippen LogP contribution in [0.5, 0.6) is 5.75 Å². The SMILES string of the molecule is COc1ccccc1NC(=O)C(=O)Nc1ccc(N2CCCC2=O)cc1. The summed E-state index contributed by atoms with van der Waals surface area (Å²) in [6.45, 7) is 0.700. The highest BCUT2D eigenvalue weighted by atomic mass is 16.5. The Kier molecular flexibility index (Phi) is 5.17. The van der Waals surface area contributed by atoms with E-state index in [9.17, 15) is 14.4 Å². The predicted octanol–water partition coefficient (Wildman–Crippen LogP) is 2.40. The Labute approximate surface area is 150 Å². The number of benzene rings is 2. The van der Waals surface area contributed by atoms with Gasteiger partial charge in [-0.15, -0.1) is 0 Å². The molecule has 7 heteroatoms. The number of nitrogens with one attached hydrogen (secondary N) is 2. The molecule has 0 spiro atoms. The van der Waals surface area contributed by atoms with Gasteiger partial charge in [0.25, 0.3) is 0 Å². The number of carbonyl (C=O) groups is 3. The largest absolute Gasteiger partial charge is 0.495 e. The van der Waals surface area contributed by atoms with Crippen molar-refractivity contribution in [3.63, 3.8) is 0 Å². The van der Waals surface area contributed by atoms with E-state index in [-0.39, 0.29) is 5.91 Å². The van der Waals surface area contributed by atoms with Gasteiger partial charge in [0.2, 0.25) is 5.91 Å². The summed E-state index contributed by atoms with van der Waals surface area (Å²) < 4.78 is 5.14. The quantitative estimate of drug-likeness (QED) is 0.826. The first-order chi connectivity index (χ1) is 12.6. The van der Waals surface area contributed by atoms with Crippen LogP contribution in [-0.2, 0) is 14.4 Å². The van der Waals surface area contributed by atoms with Gasteiger partial charge in [-0.2, -0.15) is 0 Å². The average Bonchev–Trinajstić information content (AvgIpc) is 3.08. The highest BCUT2D eigenvalue weighted by molar-refractivity contribution is 6.43. The first-order valence-corrected chi connectivity index (χ1v) is 8.24. The van der Waals surface area contributed by atoms with Crippen molar-refractivity contribution in [2.75, 3.05) is 29.2 Å². The number of hydrogen-bond acceptors (Lipinski definition) is 4. The van der Waals surface area contributed by atoms with Gasteiger partial charge in [0.15, 0.2) is 0 Å². The van der Waals surface area contributed by atoms with Crippen LogP contribution in [0.15, 0.2) is 48.5 Å². The van der Waals surface area contributed by atoms with Crippen LogP contribution < -0.4 is 20.3 Å². The van der Waals surface area contributed by atoms with Crippen LogP contribution in [0.1, 0.15) is 12.8 Å². The molecule has 1 aliphatic rings. The third-order valence-corrected chi connectivity index (χ3v) is 4.07. The van der Waals surface area contributed by atoms with Gasteiger partial charge in [-0.05, 0) is 42.8 Å². The Morgan fingerprint density at radius 1 is 1.00 bits per heavy atom. The number of methoxy groups -OCH3 is 1. The number of nitrogens with zero attached hydrogens (tertiary/aromatic N) is 1. The molecule has 0 radical (unpaired) electrons. The van der Waals surface area contributed by atoms with Crippen molar-refractivity contribution in [1.82, 2.24) is 0 Å². The van der Waals surface area contributed by atoms with E-state index in [0.717, 1.165) is 12.1 Å². The van der Waals surface area contributed by atoms with Crippen LogP contribution in [0.25, 0.3) is 0 Å². The second-order valence-corrected chi connectivity index (χ2v) is 5.80. The zero-order valence-electron chi connectivity index (χ0n) is 14.3. The van der Waals surface area contributed by atoms with Crippen molar-refractivity contribution in [1.29, 1.82) is 0 Å². The van der Waals surface area contributed by atoms with E-state index < -0.39 is 11.8 Å². The van der Waals surface area contributed by atoms with E-state index in [2.05, 4.69) is 10.6 Å². The third-order valence-electron chi connectivity index (χ3n) is 4.07. The Balaban J connectivity index is 1.62. The lowest BCUT2D eigenvalue weighted by atomic mass is 10.2. The third kappa shape index (κ3) is 3.83. The van der Waals surface area contributed by atoms with Crippen molar-refractivity contribution >= 4 is 34.8 Å². The molecule has 134 valence electrons. The van der Waals surface area contributed by atoms with Crippen molar-refractivity contribution < 1.29 is 19.1 Å². The Hall–Kier alpha value is -3.35. The molecule has 3 rings (SSSR count).